The van der Waals surface area contributed by atoms with Gasteiger partial charge in [0, 0.05) is 11.6 Å². The number of benzene rings is 2. The molecule has 0 spiro atoms. The normalized spacial score (nSPS) is 11.5. The summed E-state index contributed by atoms with van der Waals surface area (Å²) in [7, 11) is -4.03. The molecule has 0 saturated heterocycles. The van der Waals surface area contributed by atoms with Crippen molar-refractivity contribution in [2.24, 2.45) is 0 Å². The molecule has 0 amide bonds. The molecular formula is C20H14ClFN2O3S2. The van der Waals surface area contributed by atoms with Crippen LogP contribution in [-0.4, -0.2) is 13.4 Å². The summed E-state index contributed by atoms with van der Waals surface area (Å²) in [6, 6.07) is 15.4. The van der Waals surface area contributed by atoms with Gasteiger partial charge in [-0.3, -0.25) is 0 Å². The molecule has 2 aromatic carbocycles. The van der Waals surface area contributed by atoms with Crippen LogP contribution in [0.3, 0.4) is 0 Å². The van der Waals surface area contributed by atoms with E-state index >= 15 is 0 Å². The molecule has 0 saturated carbocycles. The summed E-state index contributed by atoms with van der Waals surface area (Å²) < 4.78 is 45.2. The maximum Gasteiger partial charge on any atom is 0.240 e. The summed E-state index contributed by atoms with van der Waals surface area (Å²) in [4.78, 5) is 4.83. The topological polar surface area (TPSA) is 72.2 Å². The number of thiophene rings is 1. The SMILES string of the molecule is O=S(=O)(c1ccc(F)cc1)c1nc(-c2cccs2)oc1NCc1ccccc1Cl. The summed E-state index contributed by atoms with van der Waals surface area (Å²) >= 11 is 7.55. The van der Waals surface area contributed by atoms with Crippen molar-refractivity contribution in [1.29, 1.82) is 0 Å². The number of aromatic nitrogens is 1. The third kappa shape index (κ3) is 4.05. The molecule has 0 aliphatic rings. The van der Waals surface area contributed by atoms with Gasteiger partial charge in [0.2, 0.25) is 26.6 Å². The average Bonchev–Trinajstić information content (AvgIpc) is 3.38. The van der Waals surface area contributed by atoms with Crippen LogP contribution in [0.4, 0.5) is 10.3 Å². The lowest BCUT2D eigenvalue weighted by atomic mass is 10.2. The first-order chi connectivity index (χ1) is 13.9. The Labute approximate surface area is 175 Å². The van der Waals surface area contributed by atoms with Crippen molar-refractivity contribution in [2.75, 3.05) is 5.32 Å². The number of anilines is 1. The third-order valence-electron chi connectivity index (χ3n) is 4.10. The Balaban J connectivity index is 1.75. The first-order valence-corrected chi connectivity index (χ1v) is 11.2. The number of sulfone groups is 1. The summed E-state index contributed by atoms with van der Waals surface area (Å²) in [6.45, 7) is 0.241. The van der Waals surface area contributed by atoms with Crippen LogP contribution in [0, 0.1) is 5.82 Å². The number of hydrogen-bond acceptors (Lipinski definition) is 6. The van der Waals surface area contributed by atoms with E-state index in [-0.39, 0.29) is 28.2 Å². The van der Waals surface area contributed by atoms with Crippen molar-refractivity contribution in [3.05, 3.63) is 82.4 Å². The van der Waals surface area contributed by atoms with Crippen LogP contribution in [0.25, 0.3) is 10.8 Å². The van der Waals surface area contributed by atoms with Crippen LogP contribution in [0.2, 0.25) is 5.02 Å². The van der Waals surface area contributed by atoms with Gasteiger partial charge in [-0.15, -0.1) is 11.3 Å². The Morgan fingerprint density at radius 2 is 1.83 bits per heavy atom. The highest BCUT2D eigenvalue weighted by molar-refractivity contribution is 7.91. The van der Waals surface area contributed by atoms with Crippen molar-refractivity contribution < 1.29 is 17.2 Å². The van der Waals surface area contributed by atoms with E-state index in [1.54, 1.807) is 18.2 Å². The second-order valence-corrected chi connectivity index (χ2v) is 9.25. The van der Waals surface area contributed by atoms with E-state index in [1.807, 2.05) is 23.6 Å². The number of nitrogens with zero attached hydrogens (tertiary/aromatic N) is 1. The van der Waals surface area contributed by atoms with Crippen molar-refractivity contribution >= 4 is 38.7 Å². The van der Waals surface area contributed by atoms with Crippen LogP contribution in [0.5, 0.6) is 0 Å². The summed E-state index contributed by atoms with van der Waals surface area (Å²) in [5.74, 6) is -0.347. The van der Waals surface area contributed by atoms with E-state index < -0.39 is 15.7 Å². The molecule has 2 aromatic heterocycles. The maximum atomic E-state index is 13.2. The number of hydrogen-bond donors (Lipinski definition) is 1. The quantitative estimate of drug-likeness (QED) is 0.386. The minimum absolute atomic E-state index is 0.00218. The Kier molecular flexibility index (Phi) is 5.40. The van der Waals surface area contributed by atoms with Crippen LogP contribution in [-0.2, 0) is 16.4 Å². The maximum absolute atomic E-state index is 13.2. The van der Waals surface area contributed by atoms with Gasteiger partial charge < -0.3 is 9.73 Å². The zero-order valence-corrected chi connectivity index (χ0v) is 17.2. The van der Waals surface area contributed by atoms with Gasteiger partial charge in [-0.05, 0) is 47.3 Å². The molecule has 0 aliphatic heterocycles. The van der Waals surface area contributed by atoms with E-state index in [9.17, 15) is 12.8 Å². The van der Waals surface area contributed by atoms with Crippen LogP contribution in [0.15, 0.2) is 80.4 Å². The van der Waals surface area contributed by atoms with Gasteiger partial charge in [0.1, 0.15) is 5.82 Å². The first-order valence-electron chi connectivity index (χ1n) is 8.48. The molecule has 0 unspecified atom stereocenters. The lowest BCUT2D eigenvalue weighted by molar-refractivity contribution is 0.577. The molecule has 4 rings (SSSR count). The van der Waals surface area contributed by atoms with Crippen molar-refractivity contribution in [2.45, 2.75) is 16.5 Å². The lowest BCUT2D eigenvalue weighted by Crippen LogP contribution is -2.07. The second-order valence-electron chi connectivity index (χ2n) is 6.03. The number of oxazole rings is 1. The van der Waals surface area contributed by atoms with Gasteiger partial charge in [-0.25, -0.2) is 12.8 Å². The highest BCUT2D eigenvalue weighted by Crippen LogP contribution is 2.34. The average molecular weight is 449 g/mol. The monoisotopic (exact) mass is 448 g/mol. The molecule has 1 N–H and O–H groups in total. The minimum Gasteiger partial charge on any atom is -0.418 e. The molecule has 148 valence electrons. The predicted octanol–water partition coefficient (Wildman–Crippen LogP) is 5.64. The van der Waals surface area contributed by atoms with Crippen LogP contribution in [0.1, 0.15) is 5.56 Å². The molecular weight excluding hydrogens is 435 g/mol. The fraction of sp³-hybridized carbons (Fsp3) is 0.0500. The number of nitrogens with one attached hydrogen (secondary N) is 1. The molecule has 4 aromatic rings. The van der Waals surface area contributed by atoms with E-state index in [1.165, 1.54) is 23.5 Å². The van der Waals surface area contributed by atoms with Gasteiger partial charge in [-0.2, -0.15) is 4.98 Å². The van der Waals surface area contributed by atoms with E-state index in [4.69, 9.17) is 16.0 Å². The van der Waals surface area contributed by atoms with E-state index in [0.717, 1.165) is 17.7 Å². The molecule has 0 fully saturated rings. The molecule has 5 nitrogen and oxygen atoms in total. The van der Waals surface area contributed by atoms with E-state index in [0.29, 0.717) is 9.90 Å². The predicted molar refractivity (Wildman–Crippen MR) is 110 cm³/mol. The molecule has 0 radical (unpaired) electrons. The van der Waals surface area contributed by atoms with Crippen molar-refractivity contribution in [1.82, 2.24) is 4.98 Å². The zero-order valence-electron chi connectivity index (χ0n) is 14.8. The Morgan fingerprint density at radius 3 is 2.52 bits per heavy atom. The standard InChI is InChI=1S/C20H14ClFN2O3S2/c21-16-5-2-1-4-13(16)12-23-19-20(24-18(27-19)17-6-3-11-28-17)29(25,26)15-9-7-14(22)8-10-15/h1-11,23H,12H2. The Morgan fingerprint density at radius 1 is 1.07 bits per heavy atom. The molecule has 0 bridgehead atoms. The Hall–Kier alpha value is -2.68. The van der Waals surface area contributed by atoms with E-state index in [2.05, 4.69) is 10.3 Å². The zero-order chi connectivity index (χ0) is 20.4. The van der Waals surface area contributed by atoms with Crippen molar-refractivity contribution in [3.8, 4) is 10.8 Å². The van der Waals surface area contributed by atoms with Gasteiger partial charge in [0.15, 0.2) is 0 Å². The summed E-state index contributed by atoms with van der Waals surface area (Å²) in [6.07, 6.45) is 0. The summed E-state index contributed by atoms with van der Waals surface area (Å²) in [5.41, 5.74) is 0.772. The number of rotatable bonds is 6. The van der Waals surface area contributed by atoms with Gasteiger partial charge >= 0.3 is 0 Å². The summed E-state index contributed by atoms with van der Waals surface area (Å²) in [5, 5.41) is 5.09. The molecule has 0 aliphatic carbocycles. The lowest BCUT2D eigenvalue weighted by Gasteiger charge is -2.07. The molecule has 2 heterocycles. The third-order valence-corrected chi connectivity index (χ3v) is 7.01. The van der Waals surface area contributed by atoms with Gasteiger partial charge in [-0.1, -0.05) is 35.9 Å². The molecule has 29 heavy (non-hydrogen) atoms. The van der Waals surface area contributed by atoms with Gasteiger partial charge in [0.25, 0.3) is 0 Å². The first kappa shape index (κ1) is 19.6. The van der Waals surface area contributed by atoms with Gasteiger partial charge in [0.05, 0.1) is 9.77 Å². The highest BCUT2D eigenvalue weighted by Gasteiger charge is 2.29. The smallest absolute Gasteiger partial charge is 0.240 e. The fourth-order valence-corrected chi connectivity index (χ4v) is 4.78. The fourth-order valence-electron chi connectivity index (χ4n) is 2.65. The minimum atomic E-state index is -4.03. The van der Waals surface area contributed by atoms with Crippen molar-refractivity contribution in [3.63, 3.8) is 0 Å². The number of halogens is 2. The second kappa shape index (κ2) is 7.98. The van der Waals surface area contributed by atoms with Crippen LogP contribution >= 0.6 is 22.9 Å². The largest absolute Gasteiger partial charge is 0.418 e. The highest BCUT2D eigenvalue weighted by atomic mass is 35.5. The molecule has 9 heteroatoms. The van der Waals surface area contributed by atoms with Crippen LogP contribution < -0.4 is 5.32 Å². The Bertz CT molecular complexity index is 1240. The molecule has 0 atom stereocenters.